The molecule has 1 aromatic carbocycles. The van der Waals surface area contributed by atoms with Crippen molar-refractivity contribution >= 4 is 17.3 Å². The molecule has 2 rings (SSSR count). The van der Waals surface area contributed by atoms with Gasteiger partial charge in [0.15, 0.2) is 0 Å². The number of hydrogen-bond donors (Lipinski definition) is 1. The quantitative estimate of drug-likeness (QED) is 0.775. The second kappa shape index (κ2) is 3.75. The molecular weight excluding hydrogens is 203 g/mol. The normalized spacial score (nSPS) is 21.6. The highest BCUT2D eigenvalue weighted by molar-refractivity contribution is 6.33. The van der Waals surface area contributed by atoms with Crippen molar-refractivity contribution in [2.45, 2.75) is 12.5 Å². The van der Waals surface area contributed by atoms with Crippen LogP contribution in [0.15, 0.2) is 18.2 Å². The monoisotopic (exact) mass is 214 g/mol. The lowest BCUT2D eigenvalue weighted by molar-refractivity contribution is 0.627. The minimum atomic E-state index is -0.259. The highest BCUT2D eigenvalue weighted by Gasteiger charge is 2.21. The molecule has 0 amide bonds. The first-order chi connectivity index (χ1) is 6.66. The van der Waals surface area contributed by atoms with Crippen molar-refractivity contribution < 1.29 is 4.39 Å². The third kappa shape index (κ3) is 1.83. The van der Waals surface area contributed by atoms with Gasteiger partial charge in [-0.05, 0) is 24.6 Å². The number of benzene rings is 1. The van der Waals surface area contributed by atoms with E-state index in [0.717, 1.165) is 25.2 Å². The van der Waals surface area contributed by atoms with Crippen LogP contribution in [0.2, 0.25) is 5.02 Å². The van der Waals surface area contributed by atoms with Crippen molar-refractivity contribution in [1.82, 2.24) is 0 Å². The number of nitrogens with zero attached hydrogens (tertiary/aromatic N) is 1. The van der Waals surface area contributed by atoms with E-state index >= 15 is 0 Å². The lowest BCUT2D eigenvalue weighted by Crippen LogP contribution is -2.26. The summed E-state index contributed by atoms with van der Waals surface area (Å²) in [6, 6.07) is 4.58. The molecule has 1 aliphatic rings. The molecular formula is C10H12ClFN2. The standard InChI is InChI=1S/C10H12ClFN2/c11-9-2-1-7(12)5-10(9)14-4-3-8(13)6-14/h1-2,5,8H,3-4,6,13H2. The van der Waals surface area contributed by atoms with Gasteiger partial charge in [0, 0.05) is 19.1 Å². The lowest BCUT2D eigenvalue weighted by atomic mass is 10.3. The molecule has 0 spiro atoms. The zero-order chi connectivity index (χ0) is 10.1. The predicted molar refractivity (Wildman–Crippen MR) is 56.2 cm³/mol. The Labute approximate surface area is 87.5 Å². The Balaban J connectivity index is 2.27. The molecule has 1 aliphatic heterocycles. The second-order valence-electron chi connectivity index (χ2n) is 3.59. The molecule has 0 radical (unpaired) electrons. The SMILES string of the molecule is NC1CCN(c2cc(F)ccc2Cl)C1. The maximum Gasteiger partial charge on any atom is 0.125 e. The van der Waals surface area contributed by atoms with E-state index in [1.165, 1.54) is 12.1 Å². The van der Waals surface area contributed by atoms with Gasteiger partial charge < -0.3 is 10.6 Å². The lowest BCUT2D eigenvalue weighted by Gasteiger charge is -2.19. The Morgan fingerprint density at radius 2 is 2.29 bits per heavy atom. The number of rotatable bonds is 1. The van der Waals surface area contributed by atoms with Crippen LogP contribution < -0.4 is 10.6 Å². The van der Waals surface area contributed by atoms with Crippen molar-refractivity contribution in [3.05, 3.63) is 29.0 Å². The van der Waals surface area contributed by atoms with Crippen molar-refractivity contribution in [2.24, 2.45) is 5.73 Å². The number of hydrogen-bond acceptors (Lipinski definition) is 2. The first-order valence-corrected chi connectivity index (χ1v) is 5.00. The van der Waals surface area contributed by atoms with E-state index in [9.17, 15) is 4.39 Å². The molecule has 76 valence electrons. The van der Waals surface area contributed by atoms with Crippen molar-refractivity contribution in [1.29, 1.82) is 0 Å². The van der Waals surface area contributed by atoms with Crippen LogP contribution in [0.1, 0.15) is 6.42 Å². The van der Waals surface area contributed by atoms with Crippen LogP contribution in [0.4, 0.5) is 10.1 Å². The maximum atomic E-state index is 13.0. The summed E-state index contributed by atoms with van der Waals surface area (Å²) >= 11 is 5.97. The average molecular weight is 215 g/mol. The van der Waals surface area contributed by atoms with Gasteiger partial charge in [-0.25, -0.2) is 4.39 Å². The molecule has 1 unspecified atom stereocenters. The molecule has 4 heteroatoms. The Bertz CT molecular complexity index is 343. The van der Waals surface area contributed by atoms with Gasteiger partial charge in [-0.2, -0.15) is 0 Å². The summed E-state index contributed by atoms with van der Waals surface area (Å²) in [5.41, 5.74) is 6.52. The summed E-state index contributed by atoms with van der Waals surface area (Å²) in [4.78, 5) is 2.02. The first-order valence-electron chi connectivity index (χ1n) is 4.62. The zero-order valence-electron chi connectivity index (χ0n) is 7.71. The van der Waals surface area contributed by atoms with Gasteiger partial charge in [-0.1, -0.05) is 11.6 Å². The first kappa shape index (κ1) is 9.74. The Hall–Kier alpha value is -0.800. The molecule has 2 nitrogen and oxygen atoms in total. The average Bonchev–Trinajstić information content (AvgIpc) is 2.56. The number of nitrogens with two attached hydrogens (primary N) is 1. The second-order valence-corrected chi connectivity index (χ2v) is 4.00. The minimum Gasteiger partial charge on any atom is -0.369 e. The highest BCUT2D eigenvalue weighted by Crippen LogP contribution is 2.28. The fourth-order valence-corrected chi connectivity index (χ4v) is 1.97. The highest BCUT2D eigenvalue weighted by atomic mass is 35.5. The summed E-state index contributed by atoms with van der Waals surface area (Å²) in [6.07, 6.45) is 0.937. The van der Waals surface area contributed by atoms with Crippen LogP contribution in [0.5, 0.6) is 0 Å². The smallest absolute Gasteiger partial charge is 0.125 e. The maximum absolute atomic E-state index is 13.0. The molecule has 0 aliphatic carbocycles. The number of anilines is 1. The molecule has 1 aromatic rings. The predicted octanol–water partition coefficient (Wildman–Crippen LogP) is 2.02. The minimum absolute atomic E-state index is 0.175. The molecule has 1 fully saturated rings. The van der Waals surface area contributed by atoms with E-state index in [4.69, 9.17) is 17.3 Å². The van der Waals surface area contributed by atoms with Crippen LogP contribution in [0.25, 0.3) is 0 Å². The molecule has 2 N–H and O–H groups in total. The van der Waals surface area contributed by atoms with Gasteiger partial charge in [0.2, 0.25) is 0 Å². The Morgan fingerprint density at radius 1 is 1.50 bits per heavy atom. The van der Waals surface area contributed by atoms with Gasteiger partial charge >= 0.3 is 0 Å². The third-order valence-corrected chi connectivity index (χ3v) is 2.79. The molecule has 1 saturated heterocycles. The fraction of sp³-hybridized carbons (Fsp3) is 0.400. The van der Waals surface area contributed by atoms with Crippen LogP contribution in [0, 0.1) is 5.82 Å². The van der Waals surface area contributed by atoms with Crippen LogP contribution >= 0.6 is 11.6 Å². The summed E-state index contributed by atoms with van der Waals surface area (Å²) in [5.74, 6) is -0.259. The van der Waals surface area contributed by atoms with Crippen molar-refractivity contribution in [3.8, 4) is 0 Å². The molecule has 1 atom stereocenters. The zero-order valence-corrected chi connectivity index (χ0v) is 8.47. The summed E-state index contributed by atoms with van der Waals surface area (Å²) in [7, 11) is 0. The van der Waals surface area contributed by atoms with Gasteiger partial charge in [0.1, 0.15) is 5.82 Å². The Kier molecular flexibility index (Phi) is 2.61. The molecule has 14 heavy (non-hydrogen) atoms. The Morgan fingerprint density at radius 3 is 2.93 bits per heavy atom. The topological polar surface area (TPSA) is 29.3 Å². The van der Waals surface area contributed by atoms with E-state index in [1.807, 2.05) is 4.90 Å². The van der Waals surface area contributed by atoms with Gasteiger partial charge in [0.05, 0.1) is 10.7 Å². The van der Waals surface area contributed by atoms with Gasteiger partial charge in [-0.15, -0.1) is 0 Å². The third-order valence-electron chi connectivity index (χ3n) is 2.47. The van der Waals surface area contributed by atoms with E-state index in [2.05, 4.69) is 0 Å². The van der Waals surface area contributed by atoms with Crippen LogP contribution in [-0.4, -0.2) is 19.1 Å². The fourth-order valence-electron chi connectivity index (χ4n) is 1.73. The van der Waals surface area contributed by atoms with Crippen molar-refractivity contribution in [3.63, 3.8) is 0 Å². The molecule has 1 heterocycles. The van der Waals surface area contributed by atoms with E-state index in [0.29, 0.717) is 5.02 Å². The largest absolute Gasteiger partial charge is 0.369 e. The van der Waals surface area contributed by atoms with Crippen LogP contribution in [0.3, 0.4) is 0 Å². The van der Waals surface area contributed by atoms with Crippen molar-refractivity contribution in [2.75, 3.05) is 18.0 Å². The van der Waals surface area contributed by atoms with Crippen LogP contribution in [-0.2, 0) is 0 Å². The molecule has 0 bridgehead atoms. The van der Waals surface area contributed by atoms with Gasteiger partial charge in [-0.3, -0.25) is 0 Å². The van der Waals surface area contributed by atoms with E-state index in [-0.39, 0.29) is 11.9 Å². The summed E-state index contributed by atoms with van der Waals surface area (Å²) in [6.45, 7) is 1.60. The summed E-state index contributed by atoms with van der Waals surface area (Å²) in [5, 5.41) is 0.584. The van der Waals surface area contributed by atoms with E-state index < -0.39 is 0 Å². The molecule has 0 aromatic heterocycles. The van der Waals surface area contributed by atoms with Gasteiger partial charge in [0.25, 0.3) is 0 Å². The number of halogens is 2. The molecule has 0 saturated carbocycles. The summed E-state index contributed by atoms with van der Waals surface area (Å²) < 4.78 is 13.0. The van der Waals surface area contributed by atoms with E-state index in [1.54, 1.807) is 6.07 Å².